The molecule has 0 aliphatic rings. The molecule has 0 bridgehead atoms. The summed E-state index contributed by atoms with van der Waals surface area (Å²) >= 11 is 1.72. The minimum atomic E-state index is 0.123. The molecule has 3 nitrogen and oxygen atoms in total. The van der Waals surface area contributed by atoms with Crippen molar-refractivity contribution in [1.29, 1.82) is 0 Å². The van der Waals surface area contributed by atoms with E-state index in [2.05, 4.69) is 48.3 Å². The van der Waals surface area contributed by atoms with Crippen molar-refractivity contribution in [3.05, 3.63) is 66.1 Å². The van der Waals surface area contributed by atoms with Gasteiger partial charge in [-0.15, -0.1) is 11.8 Å². The highest BCUT2D eigenvalue weighted by Gasteiger charge is 2.16. The molecule has 21 heavy (non-hydrogen) atoms. The van der Waals surface area contributed by atoms with Crippen LogP contribution < -0.4 is 0 Å². The van der Waals surface area contributed by atoms with Crippen molar-refractivity contribution in [1.82, 2.24) is 10.1 Å². The van der Waals surface area contributed by atoms with E-state index in [1.54, 1.807) is 11.8 Å². The van der Waals surface area contributed by atoms with Gasteiger partial charge in [-0.05, 0) is 26.0 Å². The van der Waals surface area contributed by atoms with Crippen molar-refractivity contribution in [2.75, 3.05) is 0 Å². The molecule has 0 saturated heterocycles. The molecule has 0 amide bonds. The molecule has 0 aliphatic heterocycles. The van der Waals surface area contributed by atoms with E-state index in [0.717, 1.165) is 5.56 Å². The second kappa shape index (κ2) is 6.14. The molecular weight excluding hydrogens is 280 g/mol. The summed E-state index contributed by atoms with van der Waals surface area (Å²) in [6, 6.07) is 18.3. The molecule has 1 heterocycles. The number of benzene rings is 2. The van der Waals surface area contributed by atoms with Crippen LogP contribution in [0.3, 0.4) is 0 Å². The number of rotatable bonds is 4. The van der Waals surface area contributed by atoms with Crippen LogP contribution in [-0.2, 0) is 0 Å². The minimum Gasteiger partial charge on any atom is -0.338 e. The summed E-state index contributed by atoms with van der Waals surface area (Å²) in [5, 5.41) is 4.19. The summed E-state index contributed by atoms with van der Waals surface area (Å²) in [6.07, 6.45) is 0. The van der Waals surface area contributed by atoms with Gasteiger partial charge in [0.25, 0.3) is 0 Å². The highest BCUT2D eigenvalue weighted by molar-refractivity contribution is 7.99. The number of aryl methyl sites for hydroxylation is 1. The van der Waals surface area contributed by atoms with Crippen LogP contribution in [0.5, 0.6) is 0 Å². The Labute approximate surface area is 128 Å². The number of nitrogens with zero attached hydrogens (tertiary/aromatic N) is 2. The van der Waals surface area contributed by atoms with Gasteiger partial charge in [0.2, 0.25) is 11.7 Å². The normalized spacial score (nSPS) is 12.3. The summed E-state index contributed by atoms with van der Waals surface area (Å²) in [6.45, 7) is 4.16. The van der Waals surface area contributed by atoms with E-state index in [9.17, 15) is 0 Å². The SMILES string of the molecule is Cc1ccc(S[C@H](C)c2nc(-c3ccccc3)no2)cc1. The Balaban J connectivity index is 1.75. The molecule has 3 aromatic rings. The zero-order valence-electron chi connectivity index (χ0n) is 12.0. The molecule has 0 radical (unpaired) electrons. The summed E-state index contributed by atoms with van der Waals surface area (Å²) < 4.78 is 5.39. The lowest BCUT2D eigenvalue weighted by Crippen LogP contribution is -1.89. The number of aromatic nitrogens is 2. The van der Waals surface area contributed by atoms with Crippen LogP contribution in [0.1, 0.15) is 23.6 Å². The van der Waals surface area contributed by atoms with Crippen molar-refractivity contribution >= 4 is 11.8 Å². The summed E-state index contributed by atoms with van der Waals surface area (Å²) in [7, 11) is 0. The van der Waals surface area contributed by atoms with E-state index in [0.29, 0.717) is 11.7 Å². The Morgan fingerprint density at radius 3 is 2.43 bits per heavy atom. The van der Waals surface area contributed by atoms with E-state index in [4.69, 9.17) is 4.52 Å². The fourth-order valence-electron chi connectivity index (χ4n) is 1.98. The quantitative estimate of drug-likeness (QED) is 0.642. The molecule has 2 aromatic carbocycles. The zero-order valence-corrected chi connectivity index (χ0v) is 12.8. The molecular formula is C17H16N2OS. The summed E-state index contributed by atoms with van der Waals surface area (Å²) in [5.41, 5.74) is 2.23. The fourth-order valence-corrected chi connectivity index (χ4v) is 2.87. The third-order valence-electron chi connectivity index (χ3n) is 3.16. The van der Waals surface area contributed by atoms with E-state index in [1.165, 1.54) is 10.5 Å². The molecule has 0 fully saturated rings. The second-order valence-electron chi connectivity index (χ2n) is 4.90. The van der Waals surface area contributed by atoms with Gasteiger partial charge >= 0.3 is 0 Å². The third kappa shape index (κ3) is 3.34. The lowest BCUT2D eigenvalue weighted by atomic mass is 10.2. The number of thioether (sulfide) groups is 1. The molecule has 1 atom stereocenters. The van der Waals surface area contributed by atoms with Gasteiger partial charge in [0.1, 0.15) is 0 Å². The van der Waals surface area contributed by atoms with Gasteiger partial charge in [0.15, 0.2) is 0 Å². The Morgan fingerprint density at radius 2 is 1.71 bits per heavy atom. The van der Waals surface area contributed by atoms with E-state index >= 15 is 0 Å². The number of hydrogen-bond donors (Lipinski definition) is 0. The van der Waals surface area contributed by atoms with Gasteiger partial charge in [-0.3, -0.25) is 0 Å². The van der Waals surface area contributed by atoms with Gasteiger partial charge in [0.05, 0.1) is 5.25 Å². The second-order valence-corrected chi connectivity index (χ2v) is 6.31. The predicted molar refractivity (Wildman–Crippen MR) is 85.2 cm³/mol. The van der Waals surface area contributed by atoms with Crippen LogP contribution in [0.25, 0.3) is 11.4 Å². The lowest BCUT2D eigenvalue weighted by Gasteiger charge is -2.06. The van der Waals surface area contributed by atoms with Gasteiger partial charge < -0.3 is 4.52 Å². The Kier molecular flexibility index (Phi) is 4.06. The Bertz CT molecular complexity index is 707. The standard InChI is InChI=1S/C17H16N2OS/c1-12-8-10-15(11-9-12)21-13(2)17-18-16(19-20-17)14-6-4-3-5-7-14/h3-11,13H,1-2H3/t13-/m1/s1. The van der Waals surface area contributed by atoms with Crippen LogP contribution in [-0.4, -0.2) is 10.1 Å². The van der Waals surface area contributed by atoms with Crippen LogP contribution in [0.15, 0.2) is 64.0 Å². The average molecular weight is 296 g/mol. The van der Waals surface area contributed by atoms with Crippen LogP contribution >= 0.6 is 11.8 Å². The molecule has 0 aliphatic carbocycles. The molecule has 1 aromatic heterocycles. The van der Waals surface area contributed by atoms with Crippen molar-refractivity contribution < 1.29 is 4.52 Å². The maximum atomic E-state index is 5.39. The lowest BCUT2D eigenvalue weighted by molar-refractivity contribution is 0.381. The van der Waals surface area contributed by atoms with Gasteiger partial charge in [0, 0.05) is 10.5 Å². The maximum absolute atomic E-state index is 5.39. The van der Waals surface area contributed by atoms with Crippen molar-refractivity contribution in [3.63, 3.8) is 0 Å². The van der Waals surface area contributed by atoms with Crippen molar-refractivity contribution in [2.24, 2.45) is 0 Å². The molecule has 0 unspecified atom stereocenters. The fraction of sp³-hybridized carbons (Fsp3) is 0.176. The van der Waals surface area contributed by atoms with Crippen LogP contribution in [0.4, 0.5) is 0 Å². The number of hydrogen-bond acceptors (Lipinski definition) is 4. The first kappa shape index (κ1) is 13.9. The first-order chi connectivity index (χ1) is 10.2. The zero-order chi connectivity index (χ0) is 14.7. The van der Waals surface area contributed by atoms with Crippen molar-refractivity contribution in [2.45, 2.75) is 24.0 Å². The summed E-state index contributed by atoms with van der Waals surface area (Å²) in [5.74, 6) is 1.29. The van der Waals surface area contributed by atoms with Crippen LogP contribution in [0, 0.1) is 6.92 Å². The highest BCUT2D eigenvalue weighted by atomic mass is 32.2. The monoisotopic (exact) mass is 296 g/mol. The highest BCUT2D eigenvalue weighted by Crippen LogP contribution is 2.34. The molecule has 106 valence electrons. The summed E-state index contributed by atoms with van der Waals surface area (Å²) in [4.78, 5) is 5.70. The minimum absolute atomic E-state index is 0.123. The van der Waals surface area contributed by atoms with E-state index in [-0.39, 0.29) is 5.25 Å². The smallest absolute Gasteiger partial charge is 0.240 e. The molecule has 0 spiro atoms. The van der Waals surface area contributed by atoms with E-state index < -0.39 is 0 Å². The van der Waals surface area contributed by atoms with Crippen molar-refractivity contribution in [3.8, 4) is 11.4 Å². The Morgan fingerprint density at radius 1 is 1.00 bits per heavy atom. The largest absolute Gasteiger partial charge is 0.338 e. The first-order valence-electron chi connectivity index (χ1n) is 6.85. The first-order valence-corrected chi connectivity index (χ1v) is 7.73. The van der Waals surface area contributed by atoms with Gasteiger partial charge in [-0.25, -0.2) is 0 Å². The van der Waals surface area contributed by atoms with Gasteiger partial charge in [-0.1, -0.05) is 53.2 Å². The van der Waals surface area contributed by atoms with E-state index in [1.807, 2.05) is 30.3 Å². The molecule has 0 N–H and O–H groups in total. The topological polar surface area (TPSA) is 38.9 Å². The maximum Gasteiger partial charge on any atom is 0.240 e. The molecule has 4 heteroatoms. The third-order valence-corrected chi connectivity index (χ3v) is 4.25. The molecule has 3 rings (SSSR count). The molecule has 0 saturated carbocycles. The predicted octanol–water partition coefficient (Wildman–Crippen LogP) is 4.90. The Hall–Kier alpha value is -2.07. The van der Waals surface area contributed by atoms with Gasteiger partial charge in [-0.2, -0.15) is 4.98 Å². The van der Waals surface area contributed by atoms with Crippen LogP contribution in [0.2, 0.25) is 0 Å². The average Bonchev–Trinajstić information content (AvgIpc) is 3.00.